The average molecular weight is 338 g/mol. The van der Waals surface area contributed by atoms with Crippen molar-refractivity contribution in [2.24, 2.45) is 0 Å². The van der Waals surface area contributed by atoms with Crippen LogP contribution < -0.4 is 0 Å². The van der Waals surface area contributed by atoms with E-state index < -0.39 is 0 Å². The van der Waals surface area contributed by atoms with Crippen molar-refractivity contribution in [1.29, 1.82) is 0 Å². The van der Waals surface area contributed by atoms with Gasteiger partial charge in [-0.25, -0.2) is 0 Å². The number of ether oxygens (including phenoxy) is 1. The van der Waals surface area contributed by atoms with Crippen LogP contribution in [0.15, 0.2) is 47.2 Å². The molecule has 1 aromatic carbocycles. The molecule has 1 aromatic heterocycles. The summed E-state index contributed by atoms with van der Waals surface area (Å²) in [5.74, 6) is -0.257. The van der Waals surface area contributed by atoms with Crippen LogP contribution in [0.1, 0.15) is 5.56 Å². The van der Waals surface area contributed by atoms with E-state index in [9.17, 15) is 4.79 Å². The second-order valence-corrected chi connectivity index (χ2v) is 5.30. The molecule has 0 N–H and O–H groups in total. The maximum Gasteiger partial charge on any atom is 0.319 e. The fraction of sp³-hybridized carbons (Fsp3) is 0.286. The SMILES string of the molecule is COC(=O)CN(Cc1ccccc1)Cn1cc(Br)cn1. The maximum absolute atomic E-state index is 11.5. The normalized spacial score (nSPS) is 10.8. The van der Waals surface area contributed by atoms with Crippen molar-refractivity contribution >= 4 is 21.9 Å². The van der Waals surface area contributed by atoms with E-state index in [1.165, 1.54) is 7.11 Å². The first kappa shape index (κ1) is 14.7. The van der Waals surface area contributed by atoms with Crippen LogP contribution in [0, 0.1) is 0 Å². The lowest BCUT2D eigenvalue weighted by Crippen LogP contribution is -2.32. The number of rotatable bonds is 6. The van der Waals surface area contributed by atoms with Crippen LogP contribution in [0.2, 0.25) is 0 Å². The predicted octanol–water partition coefficient (Wildman–Crippen LogP) is 2.28. The summed E-state index contributed by atoms with van der Waals surface area (Å²) in [5, 5.41) is 4.21. The van der Waals surface area contributed by atoms with Crippen molar-refractivity contribution in [1.82, 2.24) is 14.7 Å². The van der Waals surface area contributed by atoms with Crippen molar-refractivity contribution in [3.63, 3.8) is 0 Å². The molecule has 0 amide bonds. The first-order chi connectivity index (χ1) is 9.67. The van der Waals surface area contributed by atoms with Gasteiger partial charge in [0.15, 0.2) is 0 Å². The molecule has 0 spiro atoms. The molecule has 0 aliphatic carbocycles. The summed E-state index contributed by atoms with van der Waals surface area (Å²) >= 11 is 3.36. The molecule has 0 atom stereocenters. The first-order valence-corrected chi connectivity index (χ1v) is 6.97. The van der Waals surface area contributed by atoms with Gasteiger partial charge in [0.25, 0.3) is 0 Å². The Kier molecular flexibility index (Phi) is 5.31. The highest BCUT2D eigenvalue weighted by Crippen LogP contribution is 2.09. The molecule has 5 nitrogen and oxygen atoms in total. The minimum absolute atomic E-state index is 0.225. The molecule has 0 radical (unpaired) electrons. The predicted molar refractivity (Wildman–Crippen MR) is 78.8 cm³/mol. The molecule has 0 saturated heterocycles. The molecule has 0 unspecified atom stereocenters. The fourth-order valence-electron chi connectivity index (χ4n) is 1.87. The highest BCUT2D eigenvalue weighted by molar-refractivity contribution is 9.10. The zero-order valence-electron chi connectivity index (χ0n) is 11.2. The summed E-state index contributed by atoms with van der Waals surface area (Å²) in [4.78, 5) is 13.5. The third kappa shape index (κ3) is 4.47. The number of esters is 1. The molecular formula is C14H16BrN3O2. The molecule has 0 aliphatic rings. The Bertz CT molecular complexity index is 557. The number of halogens is 1. The van der Waals surface area contributed by atoms with Gasteiger partial charge in [-0.15, -0.1) is 0 Å². The van der Waals surface area contributed by atoms with Gasteiger partial charge in [0.2, 0.25) is 0 Å². The largest absolute Gasteiger partial charge is 0.468 e. The number of methoxy groups -OCH3 is 1. The molecule has 106 valence electrons. The van der Waals surface area contributed by atoms with E-state index in [-0.39, 0.29) is 12.5 Å². The third-order valence-corrected chi connectivity index (χ3v) is 3.19. The Balaban J connectivity index is 2.05. The van der Waals surface area contributed by atoms with Crippen LogP contribution in [0.3, 0.4) is 0 Å². The Hall–Kier alpha value is -1.66. The lowest BCUT2D eigenvalue weighted by molar-refractivity contribution is -0.142. The second kappa shape index (κ2) is 7.21. The third-order valence-electron chi connectivity index (χ3n) is 2.78. The number of hydrogen-bond donors (Lipinski definition) is 0. The monoisotopic (exact) mass is 337 g/mol. The summed E-state index contributed by atoms with van der Waals surface area (Å²) in [7, 11) is 1.40. The summed E-state index contributed by atoms with van der Waals surface area (Å²) in [5.41, 5.74) is 1.14. The minimum atomic E-state index is -0.257. The van der Waals surface area contributed by atoms with E-state index in [2.05, 4.69) is 21.0 Å². The van der Waals surface area contributed by atoms with Gasteiger partial charge in [-0.3, -0.25) is 14.4 Å². The zero-order chi connectivity index (χ0) is 14.4. The molecule has 6 heteroatoms. The van der Waals surface area contributed by atoms with E-state index in [0.717, 1.165) is 10.0 Å². The molecule has 0 fully saturated rings. The highest BCUT2D eigenvalue weighted by atomic mass is 79.9. The summed E-state index contributed by atoms with van der Waals surface area (Å²) in [6, 6.07) is 10.00. The Morgan fingerprint density at radius 3 is 2.75 bits per heavy atom. The van der Waals surface area contributed by atoms with E-state index in [1.807, 2.05) is 41.4 Å². The number of hydrogen-bond acceptors (Lipinski definition) is 4. The Labute approximate surface area is 126 Å². The molecule has 0 bridgehead atoms. The lowest BCUT2D eigenvalue weighted by atomic mass is 10.2. The van der Waals surface area contributed by atoms with E-state index in [1.54, 1.807) is 10.9 Å². The van der Waals surface area contributed by atoms with Crippen LogP contribution in [0.4, 0.5) is 0 Å². The van der Waals surface area contributed by atoms with Gasteiger partial charge >= 0.3 is 5.97 Å². The van der Waals surface area contributed by atoms with E-state index in [4.69, 9.17) is 4.74 Å². The number of carbonyl (C=O) groups excluding carboxylic acids is 1. The van der Waals surface area contributed by atoms with Crippen LogP contribution in [0.5, 0.6) is 0 Å². The van der Waals surface area contributed by atoms with Crippen LogP contribution >= 0.6 is 15.9 Å². The van der Waals surface area contributed by atoms with Crippen LogP contribution in [-0.2, 0) is 22.7 Å². The second-order valence-electron chi connectivity index (χ2n) is 4.39. The molecule has 2 rings (SSSR count). The first-order valence-electron chi connectivity index (χ1n) is 6.18. The Morgan fingerprint density at radius 2 is 2.15 bits per heavy atom. The van der Waals surface area contributed by atoms with Crippen LogP contribution in [-0.4, -0.2) is 34.3 Å². The smallest absolute Gasteiger partial charge is 0.319 e. The number of carbonyl (C=O) groups is 1. The van der Waals surface area contributed by atoms with Crippen LogP contribution in [0.25, 0.3) is 0 Å². The number of nitrogens with zero attached hydrogens (tertiary/aromatic N) is 3. The van der Waals surface area contributed by atoms with E-state index >= 15 is 0 Å². The van der Waals surface area contributed by atoms with Crippen molar-refractivity contribution in [2.45, 2.75) is 13.2 Å². The highest BCUT2D eigenvalue weighted by Gasteiger charge is 2.12. The molecule has 0 saturated carbocycles. The number of benzene rings is 1. The fourth-order valence-corrected chi connectivity index (χ4v) is 2.19. The Morgan fingerprint density at radius 1 is 1.40 bits per heavy atom. The molecular weight excluding hydrogens is 322 g/mol. The van der Waals surface area contributed by atoms with Gasteiger partial charge in [-0.1, -0.05) is 30.3 Å². The standard InChI is InChI=1S/C14H16BrN3O2/c1-20-14(19)10-17(8-12-5-3-2-4-6-12)11-18-9-13(15)7-16-18/h2-7,9H,8,10-11H2,1H3. The topological polar surface area (TPSA) is 47.4 Å². The van der Waals surface area contributed by atoms with Gasteiger partial charge in [-0.2, -0.15) is 5.10 Å². The van der Waals surface area contributed by atoms with Gasteiger partial charge in [0, 0.05) is 12.7 Å². The van der Waals surface area contributed by atoms with E-state index in [0.29, 0.717) is 13.2 Å². The van der Waals surface area contributed by atoms with Gasteiger partial charge in [0.05, 0.1) is 31.0 Å². The van der Waals surface area contributed by atoms with Crippen molar-refractivity contribution in [2.75, 3.05) is 13.7 Å². The molecule has 20 heavy (non-hydrogen) atoms. The molecule has 1 heterocycles. The van der Waals surface area contributed by atoms with Gasteiger partial charge < -0.3 is 4.74 Å². The van der Waals surface area contributed by atoms with Gasteiger partial charge in [-0.05, 0) is 21.5 Å². The maximum atomic E-state index is 11.5. The summed E-state index contributed by atoms with van der Waals surface area (Å²) < 4.78 is 7.43. The summed E-state index contributed by atoms with van der Waals surface area (Å²) in [6.07, 6.45) is 3.59. The molecule has 2 aromatic rings. The summed E-state index contributed by atoms with van der Waals surface area (Å²) in [6.45, 7) is 1.41. The van der Waals surface area contributed by atoms with Gasteiger partial charge in [0.1, 0.15) is 0 Å². The van der Waals surface area contributed by atoms with Crippen molar-refractivity contribution in [3.05, 3.63) is 52.8 Å². The van der Waals surface area contributed by atoms with Crippen molar-refractivity contribution in [3.8, 4) is 0 Å². The lowest BCUT2D eigenvalue weighted by Gasteiger charge is -2.21. The minimum Gasteiger partial charge on any atom is -0.468 e. The quantitative estimate of drug-likeness (QED) is 0.758. The average Bonchev–Trinajstić information content (AvgIpc) is 2.85. The molecule has 0 aliphatic heterocycles. The zero-order valence-corrected chi connectivity index (χ0v) is 12.8. The number of aromatic nitrogens is 2. The van der Waals surface area contributed by atoms with Crippen molar-refractivity contribution < 1.29 is 9.53 Å².